The van der Waals surface area contributed by atoms with Crippen molar-refractivity contribution in [3.63, 3.8) is 0 Å². The Morgan fingerprint density at radius 2 is 1.44 bits per heavy atom. The van der Waals surface area contributed by atoms with Crippen molar-refractivity contribution in [1.82, 2.24) is 0 Å². The van der Waals surface area contributed by atoms with Gasteiger partial charge < -0.3 is 4.74 Å². The Bertz CT molecular complexity index is 477. The fraction of sp³-hybridized carbons (Fsp3) is 0.200. The van der Waals surface area contributed by atoms with Crippen molar-refractivity contribution in [2.75, 3.05) is 0 Å². The van der Waals surface area contributed by atoms with Crippen molar-refractivity contribution in [3.05, 3.63) is 71.8 Å². The lowest BCUT2D eigenvalue weighted by molar-refractivity contribution is 0.313. The Labute approximate surface area is 95.7 Å². The van der Waals surface area contributed by atoms with Gasteiger partial charge in [0.2, 0.25) is 0 Å². The number of ether oxygens (including phenoxy) is 1. The summed E-state index contributed by atoms with van der Waals surface area (Å²) in [6.07, 6.45) is 0.205. The monoisotopic (exact) mass is 210 g/mol. The normalized spacial score (nSPS) is 27.7. The van der Waals surface area contributed by atoms with Gasteiger partial charge in [-0.05, 0) is 18.1 Å². The molecule has 1 heterocycles. The van der Waals surface area contributed by atoms with Gasteiger partial charge in [-0.15, -0.1) is 0 Å². The van der Waals surface area contributed by atoms with E-state index in [1.165, 1.54) is 11.1 Å². The highest BCUT2D eigenvalue weighted by Crippen LogP contribution is 2.56. The van der Waals surface area contributed by atoms with Crippen molar-refractivity contribution in [2.45, 2.75) is 18.6 Å². The SMILES string of the molecule is C[C@]1(c2ccccc2)O[C@H]1c1ccccc1. The van der Waals surface area contributed by atoms with E-state index in [-0.39, 0.29) is 11.7 Å². The molecule has 1 aliphatic heterocycles. The minimum atomic E-state index is -0.136. The molecule has 1 saturated heterocycles. The molecular formula is C15H14O. The Morgan fingerprint density at radius 3 is 2.06 bits per heavy atom. The van der Waals surface area contributed by atoms with E-state index < -0.39 is 0 Å². The molecule has 1 heteroatoms. The molecule has 2 aromatic carbocycles. The molecule has 1 aliphatic rings. The van der Waals surface area contributed by atoms with Crippen LogP contribution in [0, 0.1) is 0 Å². The maximum absolute atomic E-state index is 5.88. The molecule has 1 nitrogen and oxygen atoms in total. The van der Waals surface area contributed by atoms with E-state index in [1.54, 1.807) is 0 Å². The highest BCUT2D eigenvalue weighted by molar-refractivity contribution is 5.34. The zero-order chi connectivity index (χ0) is 11.0. The van der Waals surface area contributed by atoms with Crippen molar-refractivity contribution in [2.24, 2.45) is 0 Å². The summed E-state index contributed by atoms with van der Waals surface area (Å²) in [5.74, 6) is 0. The van der Waals surface area contributed by atoms with Gasteiger partial charge in [0.25, 0.3) is 0 Å². The minimum absolute atomic E-state index is 0.136. The third-order valence-electron chi connectivity index (χ3n) is 3.26. The first-order valence-electron chi connectivity index (χ1n) is 5.59. The van der Waals surface area contributed by atoms with Gasteiger partial charge in [-0.25, -0.2) is 0 Å². The van der Waals surface area contributed by atoms with Crippen LogP contribution < -0.4 is 0 Å². The third kappa shape index (κ3) is 1.44. The van der Waals surface area contributed by atoms with Crippen LogP contribution in [0.1, 0.15) is 24.2 Å². The molecule has 0 radical (unpaired) electrons. The lowest BCUT2D eigenvalue weighted by Gasteiger charge is -2.06. The molecular weight excluding hydrogens is 196 g/mol. The molecule has 0 spiro atoms. The van der Waals surface area contributed by atoms with Crippen LogP contribution in [0.25, 0.3) is 0 Å². The van der Waals surface area contributed by atoms with Crippen LogP contribution >= 0.6 is 0 Å². The molecule has 1 fully saturated rings. The summed E-state index contributed by atoms with van der Waals surface area (Å²) in [5, 5.41) is 0. The fourth-order valence-electron chi connectivity index (χ4n) is 2.21. The minimum Gasteiger partial charge on any atom is -0.356 e. The van der Waals surface area contributed by atoms with Gasteiger partial charge in [-0.2, -0.15) is 0 Å². The van der Waals surface area contributed by atoms with Gasteiger partial charge in [0.05, 0.1) is 0 Å². The van der Waals surface area contributed by atoms with Crippen molar-refractivity contribution in [3.8, 4) is 0 Å². The predicted octanol–water partition coefficient (Wildman–Crippen LogP) is 3.67. The first kappa shape index (κ1) is 9.61. The van der Waals surface area contributed by atoms with Crippen molar-refractivity contribution < 1.29 is 4.74 Å². The first-order valence-corrected chi connectivity index (χ1v) is 5.59. The zero-order valence-corrected chi connectivity index (χ0v) is 9.26. The lowest BCUT2D eigenvalue weighted by atomic mass is 9.94. The van der Waals surface area contributed by atoms with Gasteiger partial charge in [0, 0.05) is 0 Å². The highest BCUT2D eigenvalue weighted by atomic mass is 16.6. The molecule has 3 rings (SSSR count). The number of hydrogen-bond acceptors (Lipinski definition) is 1. The Hall–Kier alpha value is -1.60. The second-order valence-electron chi connectivity index (χ2n) is 4.38. The van der Waals surface area contributed by atoms with Gasteiger partial charge >= 0.3 is 0 Å². The molecule has 0 bridgehead atoms. The largest absolute Gasteiger partial charge is 0.356 e. The highest BCUT2D eigenvalue weighted by Gasteiger charge is 2.54. The Balaban J connectivity index is 1.90. The van der Waals surface area contributed by atoms with E-state index >= 15 is 0 Å². The topological polar surface area (TPSA) is 12.5 Å². The van der Waals surface area contributed by atoms with Gasteiger partial charge in [-0.3, -0.25) is 0 Å². The van der Waals surface area contributed by atoms with E-state index in [1.807, 2.05) is 12.1 Å². The van der Waals surface area contributed by atoms with Crippen molar-refractivity contribution in [1.29, 1.82) is 0 Å². The molecule has 2 atom stereocenters. The maximum Gasteiger partial charge on any atom is 0.122 e. The van der Waals surface area contributed by atoms with E-state index in [2.05, 4.69) is 55.5 Å². The first-order chi connectivity index (χ1) is 7.81. The molecule has 0 aliphatic carbocycles. The maximum atomic E-state index is 5.88. The van der Waals surface area contributed by atoms with Crippen LogP contribution in [0.5, 0.6) is 0 Å². The average molecular weight is 210 g/mol. The molecule has 0 amide bonds. The number of epoxide rings is 1. The summed E-state index contributed by atoms with van der Waals surface area (Å²) in [6, 6.07) is 20.8. The molecule has 0 saturated carbocycles. The molecule has 0 aromatic heterocycles. The number of hydrogen-bond donors (Lipinski definition) is 0. The van der Waals surface area contributed by atoms with Crippen molar-refractivity contribution >= 4 is 0 Å². The summed E-state index contributed by atoms with van der Waals surface area (Å²) < 4.78 is 5.88. The molecule has 2 aromatic rings. The smallest absolute Gasteiger partial charge is 0.122 e. The molecule has 80 valence electrons. The fourth-order valence-corrected chi connectivity index (χ4v) is 2.21. The summed E-state index contributed by atoms with van der Waals surface area (Å²) in [5.41, 5.74) is 2.38. The zero-order valence-electron chi connectivity index (χ0n) is 9.26. The van der Waals surface area contributed by atoms with Crippen LogP contribution in [-0.2, 0) is 10.3 Å². The summed E-state index contributed by atoms with van der Waals surface area (Å²) in [7, 11) is 0. The van der Waals surface area contributed by atoms with Crippen LogP contribution in [0.15, 0.2) is 60.7 Å². The molecule has 0 unspecified atom stereocenters. The van der Waals surface area contributed by atoms with Gasteiger partial charge in [-0.1, -0.05) is 60.7 Å². The lowest BCUT2D eigenvalue weighted by Crippen LogP contribution is -2.03. The summed E-state index contributed by atoms with van der Waals surface area (Å²) in [4.78, 5) is 0. The quantitative estimate of drug-likeness (QED) is 0.689. The van der Waals surface area contributed by atoms with E-state index in [4.69, 9.17) is 4.74 Å². The number of rotatable bonds is 2. The summed E-state index contributed by atoms with van der Waals surface area (Å²) in [6.45, 7) is 2.15. The summed E-state index contributed by atoms with van der Waals surface area (Å²) >= 11 is 0. The van der Waals surface area contributed by atoms with Crippen LogP contribution in [-0.4, -0.2) is 0 Å². The van der Waals surface area contributed by atoms with Gasteiger partial charge in [0.1, 0.15) is 11.7 Å². The van der Waals surface area contributed by atoms with Crippen LogP contribution in [0.4, 0.5) is 0 Å². The Kier molecular flexibility index (Phi) is 2.08. The van der Waals surface area contributed by atoms with E-state index in [9.17, 15) is 0 Å². The second kappa shape index (κ2) is 3.46. The van der Waals surface area contributed by atoms with Gasteiger partial charge in [0.15, 0.2) is 0 Å². The number of benzene rings is 2. The third-order valence-corrected chi connectivity index (χ3v) is 3.26. The predicted molar refractivity (Wildman–Crippen MR) is 64.1 cm³/mol. The van der Waals surface area contributed by atoms with Crippen LogP contribution in [0.3, 0.4) is 0 Å². The van der Waals surface area contributed by atoms with E-state index in [0.717, 1.165) is 0 Å². The van der Waals surface area contributed by atoms with Crippen LogP contribution in [0.2, 0.25) is 0 Å². The molecule has 0 N–H and O–H groups in total. The average Bonchev–Trinajstić information content (AvgIpc) is 3.06. The molecule has 16 heavy (non-hydrogen) atoms. The van der Waals surface area contributed by atoms with E-state index in [0.29, 0.717) is 0 Å². The standard InChI is InChI=1S/C15H14O/c1-15(13-10-6-3-7-11-13)14(16-15)12-8-4-2-5-9-12/h2-11,14H,1H3/t14-,15+/m0/s1. The second-order valence-corrected chi connectivity index (χ2v) is 4.38. The Morgan fingerprint density at radius 1 is 0.875 bits per heavy atom.